The molecular formula is C21H17F3N2O2. The monoisotopic (exact) mass is 386 g/mol. The highest BCUT2D eigenvalue weighted by molar-refractivity contribution is 5.93. The zero-order valence-electron chi connectivity index (χ0n) is 15.0. The van der Waals surface area contributed by atoms with Crippen LogP contribution in [0.3, 0.4) is 0 Å². The van der Waals surface area contributed by atoms with Crippen LogP contribution in [0.15, 0.2) is 66.7 Å². The first kappa shape index (κ1) is 19.4. The minimum atomic E-state index is -0.683. The van der Waals surface area contributed by atoms with Crippen molar-refractivity contribution in [3.63, 3.8) is 0 Å². The number of hydrogen-bond acceptors (Lipinski definition) is 3. The highest BCUT2D eigenvalue weighted by atomic mass is 19.3. The predicted molar refractivity (Wildman–Crippen MR) is 100 cm³/mol. The molecule has 7 heteroatoms. The van der Waals surface area contributed by atoms with Crippen molar-refractivity contribution in [2.45, 2.75) is 6.54 Å². The molecule has 4 nitrogen and oxygen atoms in total. The summed E-state index contributed by atoms with van der Waals surface area (Å²) in [6.07, 6.45) is 0. The van der Waals surface area contributed by atoms with E-state index in [0.717, 1.165) is 17.3 Å². The van der Waals surface area contributed by atoms with E-state index in [-0.39, 0.29) is 5.56 Å². The van der Waals surface area contributed by atoms with Crippen LogP contribution in [0.1, 0.15) is 15.9 Å². The average Bonchev–Trinajstić information content (AvgIpc) is 2.68. The molecule has 0 saturated heterocycles. The second-order valence-corrected chi connectivity index (χ2v) is 6.27. The van der Waals surface area contributed by atoms with Gasteiger partial charge in [0.15, 0.2) is 0 Å². The highest BCUT2D eigenvalue weighted by Gasteiger charge is 2.09. The summed E-state index contributed by atoms with van der Waals surface area (Å²) in [6.45, 7) is 0.530. The third-order valence-electron chi connectivity index (χ3n) is 4.25. The van der Waals surface area contributed by atoms with Gasteiger partial charge in [0.05, 0.1) is 0 Å². The third kappa shape index (κ3) is 4.69. The molecule has 3 rings (SSSR count). The number of hydrogen-bond donors (Lipinski definition) is 1. The number of benzene rings is 3. The van der Waals surface area contributed by atoms with E-state index in [4.69, 9.17) is 0 Å². The second kappa shape index (κ2) is 8.58. The molecule has 1 N–H and O–H groups in total. The van der Waals surface area contributed by atoms with Crippen LogP contribution in [0.25, 0.3) is 11.1 Å². The van der Waals surface area contributed by atoms with E-state index in [2.05, 4.69) is 5.04 Å². The van der Waals surface area contributed by atoms with Gasteiger partial charge < -0.3 is 4.90 Å². The molecule has 144 valence electrons. The number of hydroxylamine groups is 1. The molecule has 0 bridgehead atoms. The Morgan fingerprint density at radius 1 is 0.964 bits per heavy atom. The molecule has 3 aromatic carbocycles. The van der Waals surface area contributed by atoms with E-state index in [1.807, 2.05) is 30.1 Å². The molecule has 0 aliphatic carbocycles. The minimum Gasteiger partial charge on any atom is -0.370 e. The smallest absolute Gasteiger partial charge is 0.277 e. The maximum absolute atomic E-state index is 13.5. The van der Waals surface area contributed by atoms with Crippen LogP contribution in [-0.4, -0.2) is 13.0 Å². The van der Waals surface area contributed by atoms with Crippen molar-refractivity contribution >= 4 is 11.6 Å². The Morgan fingerprint density at radius 3 is 2.29 bits per heavy atom. The van der Waals surface area contributed by atoms with Gasteiger partial charge in [-0.2, -0.15) is 5.48 Å². The predicted octanol–water partition coefficient (Wildman–Crippen LogP) is 4.81. The summed E-state index contributed by atoms with van der Waals surface area (Å²) in [5.41, 5.74) is 4.80. The lowest BCUT2D eigenvalue weighted by molar-refractivity contribution is -0.176. The van der Waals surface area contributed by atoms with Crippen LogP contribution in [0.2, 0.25) is 0 Å². The summed E-state index contributed by atoms with van der Waals surface area (Å²) in [5.74, 6) is -1.94. The van der Waals surface area contributed by atoms with Gasteiger partial charge in [0.1, 0.15) is 11.6 Å². The van der Waals surface area contributed by atoms with Crippen molar-refractivity contribution in [1.29, 1.82) is 0 Å². The van der Waals surface area contributed by atoms with Gasteiger partial charge in [0, 0.05) is 30.9 Å². The van der Waals surface area contributed by atoms with Gasteiger partial charge >= 0.3 is 0 Å². The number of anilines is 1. The fraction of sp³-hybridized carbons (Fsp3) is 0.0952. The third-order valence-corrected chi connectivity index (χ3v) is 4.25. The highest BCUT2D eigenvalue weighted by Crippen LogP contribution is 2.26. The molecule has 0 heterocycles. The molecule has 0 fully saturated rings. The molecular weight excluding hydrogens is 369 g/mol. The van der Waals surface area contributed by atoms with Gasteiger partial charge in [-0.05, 0) is 57.6 Å². The Kier molecular flexibility index (Phi) is 5.96. The van der Waals surface area contributed by atoms with Gasteiger partial charge in [-0.25, -0.2) is 8.78 Å². The first-order chi connectivity index (χ1) is 13.5. The molecule has 0 aliphatic rings. The Labute approximate surface area is 160 Å². The maximum atomic E-state index is 13.5. The molecule has 0 spiro atoms. The van der Waals surface area contributed by atoms with Crippen LogP contribution in [0.5, 0.6) is 0 Å². The number of amides is 1. The molecule has 1 amide bonds. The van der Waals surface area contributed by atoms with Crippen molar-refractivity contribution in [3.8, 4) is 11.1 Å². The fourth-order valence-electron chi connectivity index (χ4n) is 2.86. The number of nitrogens with zero attached hydrogens (tertiary/aromatic N) is 1. The number of nitrogens with one attached hydrogen (secondary N) is 1. The van der Waals surface area contributed by atoms with Crippen LogP contribution < -0.4 is 10.4 Å². The lowest BCUT2D eigenvalue weighted by atomic mass is 10.0. The summed E-state index contributed by atoms with van der Waals surface area (Å²) < 4.78 is 38.7. The molecule has 0 aromatic heterocycles. The first-order valence-electron chi connectivity index (χ1n) is 8.41. The van der Waals surface area contributed by atoms with E-state index < -0.39 is 17.5 Å². The molecule has 28 heavy (non-hydrogen) atoms. The summed E-state index contributed by atoms with van der Waals surface area (Å²) >= 11 is 0. The second-order valence-electron chi connectivity index (χ2n) is 6.27. The Morgan fingerprint density at radius 2 is 1.64 bits per heavy atom. The van der Waals surface area contributed by atoms with Gasteiger partial charge in [-0.15, -0.1) is 0 Å². The molecule has 0 unspecified atom stereocenters. The lowest BCUT2D eigenvalue weighted by Crippen LogP contribution is -2.20. The lowest BCUT2D eigenvalue weighted by Gasteiger charge is -2.20. The summed E-state index contributed by atoms with van der Waals surface area (Å²) in [4.78, 5) is 13.4. The molecule has 3 aromatic rings. The molecule has 0 radical (unpaired) electrons. The number of halogens is 3. The number of carbonyl (C=O) groups excluding carboxylic acids is 1. The fourth-order valence-corrected chi connectivity index (χ4v) is 2.86. The van der Waals surface area contributed by atoms with Gasteiger partial charge in [-0.1, -0.05) is 29.3 Å². The van der Waals surface area contributed by atoms with Gasteiger partial charge in [0.25, 0.3) is 5.91 Å². The van der Waals surface area contributed by atoms with E-state index in [1.165, 1.54) is 12.1 Å². The maximum Gasteiger partial charge on any atom is 0.277 e. The van der Waals surface area contributed by atoms with Crippen molar-refractivity contribution in [2.24, 2.45) is 0 Å². The standard InChI is InChI=1S/C21H17F3N2O2/c1-26(13-14-5-7-15(8-6-14)21(27)25-28-24)20-4-2-3-16(11-20)17-9-18(22)12-19(23)10-17/h2-12H,13H2,1H3,(H,25,27). The van der Waals surface area contributed by atoms with Crippen molar-refractivity contribution < 1.29 is 23.1 Å². The van der Waals surface area contributed by atoms with E-state index in [9.17, 15) is 18.1 Å². The SMILES string of the molecule is CN(Cc1ccc(C(=O)NOF)cc1)c1cccc(-c2cc(F)cc(F)c2)c1. The topological polar surface area (TPSA) is 41.6 Å². The van der Waals surface area contributed by atoms with Crippen LogP contribution in [0, 0.1) is 11.6 Å². The minimum absolute atomic E-state index is 0.263. The van der Waals surface area contributed by atoms with E-state index >= 15 is 0 Å². The zero-order chi connectivity index (χ0) is 20.1. The molecule has 0 aliphatic heterocycles. The van der Waals surface area contributed by atoms with Crippen molar-refractivity contribution in [2.75, 3.05) is 11.9 Å². The van der Waals surface area contributed by atoms with Crippen LogP contribution in [0.4, 0.5) is 19.0 Å². The molecule has 0 atom stereocenters. The van der Waals surface area contributed by atoms with E-state index in [0.29, 0.717) is 17.7 Å². The Balaban J connectivity index is 1.76. The van der Waals surface area contributed by atoms with Crippen LogP contribution in [-0.2, 0) is 11.6 Å². The Bertz CT molecular complexity index is 957. The van der Waals surface area contributed by atoms with Crippen LogP contribution >= 0.6 is 0 Å². The quantitative estimate of drug-likeness (QED) is 0.618. The summed E-state index contributed by atoms with van der Waals surface area (Å²) in [6, 6.07) is 17.3. The van der Waals surface area contributed by atoms with Gasteiger partial charge in [-0.3, -0.25) is 4.79 Å². The number of carbonyl (C=O) groups is 1. The van der Waals surface area contributed by atoms with Crippen molar-refractivity contribution in [3.05, 3.63) is 89.5 Å². The summed E-state index contributed by atoms with van der Waals surface area (Å²) in [5, 5.41) is 3.12. The summed E-state index contributed by atoms with van der Waals surface area (Å²) in [7, 11) is 1.88. The number of rotatable bonds is 6. The Hall–Kier alpha value is -3.32. The molecule has 0 saturated carbocycles. The first-order valence-corrected chi connectivity index (χ1v) is 8.41. The van der Waals surface area contributed by atoms with E-state index in [1.54, 1.807) is 35.8 Å². The largest absolute Gasteiger partial charge is 0.370 e. The van der Waals surface area contributed by atoms with Gasteiger partial charge in [0.2, 0.25) is 0 Å². The zero-order valence-corrected chi connectivity index (χ0v) is 15.0. The normalized spacial score (nSPS) is 10.6. The van der Waals surface area contributed by atoms with Crippen molar-refractivity contribution in [1.82, 2.24) is 5.48 Å². The average molecular weight is 386 g/mol.